The van der Waals surface area contributed by atoms with Crippen LogP contribution in [-0.2, 0) is 10.9 Å². The monoisotopic (exact) mass is 347 g/mol. The molecule has 0 saturated carbocycles. The Morgan fingerprint density at radius 1 is 1.38 bits per heavy atom. The number of nitrogens with zero attached hydrogens (tertiary/aromatic N) is 2. The van der Waals surface area contributed by atoms with Crippen molar-refractivity contribution in [2.75, 3.05) is 44.7 Å². The van der Waals surface area contributed by atoms with Crippen LogP contribution in [0.4, 0.5) is 24.5 Å². The molecule has 2 rings (SSSR count). The summed E-state index contributed by atoms with van der Waals surface area (Å²) in [6, 6.07) is 2.98. The van der Waals surface area contributed by atoms with E-state index in [0.717, 1.165) is 31.8 Å². The predicted molar refractivity (Wildman–Crippen MR) is 83.0 cm³/mol. The molecular weight excluding hydrogens is 327 g/mol. The molecule has 1 unspecified atom stereocenters. The lowest BCUT2D eigenvalue weighted by Crippen LogP contribution is -2.40. The zero-order valence-corrected chi connectivity index (χ0v) is 13.3. The van der Waals surface area contributed by atoms with Crippen LogP contribution in [0.3, 0.4) is 0 Å². The Morgan fingerprint density at radius 3 is 2.62 bits per heavy atom. The van der Waals surface area contributed by atoms with E-state index in [2.05, 4.69) is 10.2 Å². The maximum Gasteiger partial charge on any atom is 0.423 e. The summed E-state index contributed by atoms with van der Waals surface area (Å²) >= 11 is 0. The van der Waals surface area contributed by atoms with E-state index in [9.17, 15) is 23.3 Å². The maximum atomic E-state index is 12.9. The van der Waals surface area contributed by atoms with Crippen molar-refractivity contribution in [2.45, 2.75) is 13.1 Å². The van der Waals surface area contributed by atoms with Gasteiger partial charge in [-0.15, -0.1) is 0 Å². The lowest BCUT2D eigenvalue weighted by Gasteiger charge is -2.29. The molecule has 0 spiro atoms. The highest BCUT2D eigenvalue weighted by Gasteiger charge is 2.38. The number of halogens is 3. The van der Waals surface area contributed by atoms with Gasteiger partial charge in [0, 0.05) is 37.9 Å². The quantitative estimate of drug-likeness (QED) is 0.633. The van der Waals surface area contributed by atoms with E-state index >= 15 is 0 Å². The third kappa shape index (κ3) is 5.07. The number of nitro benzene ring substituents is 1. The van der Waals surface area contributed by atoms with Crippen molar-refractivity contribution in [1.29, 1.82) is 0 Å². The highest BCUT2D eigenvalue weighted by molar-refractivity contribution is 5.55. The number of rotatable bonds is 6. The van der Waals surface area contributed by atoms with E-state index in [0.29, 0.717) is 19.8 Å². The van der Waals surface area contributed by atoms with Gasteiger partial charge in [-0.2, -0.15) is 13.2 Å². The molecule has 134 valence electrons. The molecule has 1 aliphatic heterocycles. The topological polar surface area (TPSA) is 67.6 Å². The summed E-state index contributed by atoms with van der Waals surface area (Å²) in [5.74, 6) is 0.215. The molecule has 0 radical (unpaired) electrons. The Hall–Kier alpha value is -1.87. The predicted octanol–water partition coefficient (Wildman–Crippen LogP) is 2.99. The second kappa shape index (κ2) is 7.80. The molecule has 1 aliphatic rings. The number of hydrogen-bond acceptors (Lipinski definition) is 5. The minimum atomic E-state index is -4.76. The fraction of sp³-hybridized carbons (Fsp3) is 0.600. The van der Waals surface area contributed by atoms with Gasteiger partial charge >= 0.3 is 6.18 Å². The van der Waals surface area contributed by atoms with Crippen LogP contribution < -0.4 is 5.32 Å². The van der Waals surface area contributed by atoms with Gasteiger partial charge in [-0.1, -0.05) is 6.92 Å². The zero-order chi connectivity index (χ0) is 17.7. The van der Waals surface area contributed by atoms with E-state index in [1.54, 1.807) is 0 Å². The highest BCUT2D eigenvalue weighted by Crippen LogP contribution is 2.37. The number of morpholine rings is 1. The van der Waals surface area contributed by atoms with Crippen LogP contribution in [0, 0.1) is 16.0 Å². The third-order valence-electron chi connectivity index (χ3n) is 3.83. The van der Waals surface area contributed by atoms with Gasteiger partial charge in [-0.25, -0.2) is 0 Å². The smallest absolute Gasteiger partial charge is 0.385 e. The second-order valence-corrected chi connectivity index (χ2v) is 5.89. The van der Waals surface area contributed by atoms with Crippen LogP contribution in [0.1, 0.15) is 12.5 Å². The molecule has 1 fully saturated rings. The van der Waals surface area contributed by atoms with Crippen LogP contribution in [0.15, 0.2) is 18.2 Å². The minimum absolute atomic E-state index is 0.215. The molecule has 24 heavy (non-hydrogen) atoms. The molecule has 1 saturated heterocycles. The molecule has 1 atom stereocenters. The summed E-state index contributed by atoms with van der Waals surface area (Å²) in [7, 11) is 0. The first-order valence-electron chi connectivity index (χ1n) is 7.67. The standard InChI is InChI=1S/C15H20F3N3O3/c1-11(10-20-4-6-24-7-5-20)9-19-12-2-3-14(21(22)23)13(8-12)15(16,17)18/h2-3,8,11,19H,4-7,9-10H2,1H3. The summed E-state index contributed by atoms with van der Waals surface area (Å²) < 4.78 is 44.1. The van der Waals surface area contributed by atoms with Crippen LogP contribution in [0.5, 0.6) is 0 Å². The van der Waals surface area contributed by atoms with Crippen LogP contribution in [0.25, 0.3) is 0 Å². The van der Waals surface area contributed by atoms with Gasteiger partial charge in [0.15, 0.2) is 0 Å². The number of hydrogen-bond donors (Lipinski definition) is 1. The van der Waals surface area contributed by atoms with Gasteiger partial charge in [0.05, 0.1) is 18.1 Å². The van der Waals surface area contributed by atoms with Gasteiger partial charge in [0.2, 0.25) is 0 Å². The van der Waals surface area contributed by atoms with Crippen molar-refractivity contribution in [1.82, 2.24) is 4.90 Å². The van der Waals surface area contributed by atoms with E-state index in [1.165, 1.54) is 6.07 Å². The summed E-state index contributed by atoms with van der Waals surface area (Å²) in [6.45, 7) is 6.37. The van der Waals surface area contributed by atoms with Gasteiger partial charge in [-0.3, -0.25) is 15.0 Å². The van der Waals surface area contributed by atoms with E-state index in [4.69, 9.17) is 4.74 Å². The lowest BCUT2D eigenvalue weighted by atomic mass is 10.1. The fourth-order valence-corrected chi connectivity index (χ4v) is 2.61. The Bertz CT molecular complexity index is 575. The van der Waals surface area contributed by atoms with Crippen LogP contribution in [0.2, 0.25) is 0 Å². The van der Waals surface area contributed by atoms with E-state index in [-0.39, 0.29) is 11.6 Å². The normalized spacial score (nSPS) is 17.5. The number of nitro groups is 1. The lowest BCUT2D eigenvalue weighted by molar-refractivity contribution is -0.388. The zero-order valence-electron chi connectivity index (χ0n) is 13.3. The van der Waals surface area contributed by atoms with Crippen molar-refractivity contribution in [3.8, 4) is 0 Å². The highest BCUT2D eigenvalue weighted by atomic mass is 19.4. The van der Waals surface area contributed by atoms with E-state index in [1.807, 2.05) is 6.92 Å². The summed E-state index contributed by atoms with van der Waals surface area (Å²) in [5.41, 5.74) is -1.95. The van der Waals surface area contributed by atoms with E-state index < -0.39 is 22.4 Å². The molecule has 0 aliphatic carbocycles. The Morgan fingerprint density at radius 2 is 2.04 bits per heavy atom. The molecule has 6 nitrogen and oxygen atoms in total. The summed E-state index contributed by atoms with van der Waals surface area (Å²) in [6.07, 6.45) is -4.76. The first kappa shape index (κ1) is 18.5. The average molecular weight is 347 g/mol. The van der Waals surface area contributed by atoms with Crippen molar-refractivity contribution >= 4 is 11.4 Å². The minimum Gasteiger partial charge on any atom is -0.385 e. The Labute approximate surface area is 137 Å². The maximum absolute atomic E-state index is 12.9. The van der Waals surface area contributed by atoms with Crippen molar-refractivity contribution in [3.63, 3.8) is 0 Å². The Kier molecular flexibility index (Phi) is 6.00. The van der Waals surface area contributed by atoms with Crippen molar-refractivity contribution in [2.24, 2.45) is 5.92 Å². The summed E-state index contributed by atoms with van der Waals surface area (Å²) in [4.78, 5) is 12.0. The number of nitrogens with one attached hydrogen (secondary N) is 1. The van der Waals surface area contributed by atoms with Crippen LogP contribution >= 0.6 is 0 Å². The SMILES string of the molecule is CC(CNc1ccc([N+](=O)[O-])c(C(F)(F)F)c1)CN1CCOCC1. The number of ether oxygens (including phenoxy) is 1. The summed E-state index contributed by atoms with van der Waals surface area (Å²) in [5, 5.41) is 13.7. The Balaban J connectivity index is 1.98. The molecule has 0 bridgehead atoms. The van der Waals surface area contributed by atoms with Gasteiger partial charge < -0.3 is 10.1 Å². The van der Waals surface area contributed by atoms with Gasteiger partial charge in [0.1, 0.15) is 5.56 Å². The molecule has 1 heterocycles. The average Bonchev–Trinajstić information content (AvgIpc) is 2.52. The third-order valence-corrected chi connectivity index (χ3v) is 3.83. The molecule has 1 aromatic rings. The molecule has 1 N–H and O–H groups in total. The first-order valence-corrected chi connectivity index (χ1v) is 7.67. The number of alkyl halides is 3. The first-order chi connectivity index (χ1) is 11.3. The molecule has 0 aromatic heterocycles. The largest absolute Gasteiger partial charge is 0.423 e. The van der Waals surface area contributed by atoms with Crippen molar-refractivity contribution < 1.29 is 22.8 Å². The second-order valence-electron chi connectivity index (χ2n) is 5.89. The molecule has 1 aromatic carbocycles. The van der Waals surface area contributed by atoms with Crippen molar-refractivity contribution in [3.05, 3.63) is 33.9 Å². The van der Waals surface area contributed by atoms with Crippen LogP contribution in [-0.4, -0.2) is 49.2 Å². The fourth-order valence-electron chi connectivity index (χ4n) is 2.61. The number of benzene rings is 1. The number of anilines is 1. The molecule has 0 amide bonds. The van der Waals surface area contributed by atoms with Gasteiger partial charge in [0.25, 0.3) is 5.69 Å². The molecule has 9 heteroatoms. The van der Waals surface area contributed by atoms with Gasteiger partial charge in [-0.05, 0) is 18.1 Å². The molecular formula is C15H20F3N3O3.